The van der Waals surface area contributed by atoms with E-state index in [1.165, 1.54) is 68.0 Å². The molecule has 1 fully saturated rings. The lowest BCUT2D eigenvalue weighted by molar-refractivity contribution is -0.274. The molecule has 0 aromatic heterocycles. The van der Waals surface area contributed by atoms with E-state index in [1.807, 2.05) is 6.92 Å². The van der Waals surface area contributed by atoms with Crippen molar-refractivity contribution in [1.29, 1.82) is 0 Å². The van der Waals surface area contributed by atoms with Gasteiger partial charge in [0.2, 0.25) is 0 Å². The minimum atomic E-state index is -4.70. The summed E-state index contributed by atoms with van der Waals surface area (Å²) >= 11 is 0. The monoisotopic (exact) mass is 441 g/mol. The largest absolute Gasteiger partial charge is 0.573 e. The van der Waals surface area contributed by atoms with Crippen LogP contribution in [0.5, 0.6) is 5.75 Å². The van der Waals surface area contributed by atoms with Gasteiger partial charge in [-0.15, -0.1) is 13.2 Å². The molecular formula is C24H38F3N3O. The van der Waals surface area contributed by atoms with Gasteiger partial charge in [-0.1, -0.05) is 33.3 Å². The third kappa shape index (κ3) is 8.37. The summed E-state index contributed by atoms with van der Waals surface area (Å²) in [5, 5.41) is 1.50. The van der Waals surface area contributed by atoms with E-state index in [4.69, 9.17) is 5.84 Å². The Bertz CT molecular complexity index is 690. The van der Waals surface area contributed by atoms with Gasteiger partial charge in [-0.05, 0) is 88.2 Å². The summed E-state index contributed by atoms with van der Waals surface area (Å²) in [6.45, 7) is 11.1. The van der Waals surface area contributed by atoms with Crippen LogP contribution in [-0.4, -0.2) is 30.4 Å². The van der Waals surface area contributed by atoms with E-state index in [2.05, 4.69) is 36.5 Å². The van der Waals surface area contributed by atoms with E-state index in [1.54, 1.807) is 0 Å². The highest BCUT2D eigenvalue weighted by molar-refractivity contribution is 5.52. The van der Waals surface area contributed by atoms with Crippen LogP contribution in [0.25, 0.3) is 0 Å². The minimum absolute atomic E-state index is 0.256. The molecule has 2 rings (SSSR count). The second-order valence-corrected chi connectivity index (χ2v) is 8.74. The zero-order chi connectivity index (χ0) is 23.0. The predicted molar refractivity (Wildman–Crippen MR) is 121 cm³/mol. The number of anilines is 1. The van der Waals surface area contributed by atoms with Gasteiger partial charge in [-0.2, -0.15) is 0 Å². The Morgan fingerprint density at radius 1 is 1.29 bits per heavy atom. The average molecular weight is 442 g/mol. The Morgan fingerprint density at radius 2 is 1.97 bits per heavy atom. The molecule has 1 aromatic carbocycles. The molecule has 0 spiro atoms. The Hall–Kier alpha value is -1.73. The summed E-state index contributed by atoms with van der Waals surface area (Å²) in [5.74, 6) is 6.97. The molecule has 3 atom stereocenters. The Labute approximate surface area is 185 Å². The number of nitrogens with zero attached hydrogens (tertiary/aromatic N) is 2. The lowest BCUT2D eigenvalue weighted by Crippen LogP contribution is -2.31. The molecule has 4 nitrogen and oxygen atoms in total. The van der Waals surface area contributed by atoms with Crippen molar-refractivity contribution in [3.05, 3.63) is 36.0 Å². The van der Waals surface area contributed by atoms with Gasteiger partial charge in [0.25, 0.3) is 0 Å². The SMILES string of the molecule is CCC(CCN1CCCC1CC)CC(C)/C=C(/C)N(N)c1ccc(OC(F)(F)F)cc1. The Morgan fingerprint density at radius 3 is 2.55 bits per heavy atom. The zero-order valence-corrected chi connectivity index (χ0v) is 19.3. The number of benzene rings is 1. The second kappa shape index (κ2) is 11.8. The maximum atomic E-state index is 12.3. The van der Waals surface area contributed by atoms with E-state index in [0.717, 1.165) is 24.6 Å². The van der Waals surface area contributed by atoms with Crippen molar-refractivity contribution in [2.45, 2.75) is 78.6 Å². The van der Waals surface area contributed by atoms with Crippen molar-refractivity contribution in [2.24, 2.45) is 17.7 Å². The lowest BCUT2D eigenvalue weighted by Gasteiger charge is -2.27. The highest BCUT2D eigenvalue weighted by atomic mass is 19.4. The van der Waals surface area contributed by atoms with Crippen LogP contribution in [-0.2, 0) is 0 Å². The van der Waals surface area contributed by atoms with Gasteiger partial charge < -0.3 is 9.64 Å². The maximum Gasteiger partial charge on any atom is 0.573 e. The summed E-state index contributed by atoms with van der Waals surface area (Å²) in [7, 11) is 0. The molecule has 1 aliphatic rings. The first-order valence-corrected chi connectivity index (χ1v) is 11.5. The summed E-state index contributed by atoms with van der Waals surface area (Å²) in [4.78, 5) is 2.65. The number of allylic oxidation sites excluding steroid dienone is 2. The molecular weight excluding hydrogens is 403 g/mol. The van der Waals surface area contributed by atoms with Gasteiger partial charge in [-0.25, -0.2) is 5.84 Å². The van der Waals surface area contributed by atoms with Crippen molar-refractivity contribution in [2.75, 3.05) is 18.1 Å². The molecule has 176 valence electrons. The molecule has 0 saturated carbocycles. The first kappa shape index (κ1) is 25.5. The average Bonchev–Trinajstić information content (AvgIpc) is 3.17. The summed E-state index contributed by atoms with van der Waals surface area (Å²) in [6, 6.07) is 6.36. The number of nitrogens with two attached hydrogens (primary N) is 1. The van der Waals surface area contributed by atoms with Gasteiger partial charge in [0.05, 0.1) is 5.69 Å². The first-order chi connectivity index (χ1) is 14.6. The van der Waals surface area contributed by atoms with Gasteiger partial charge in [0.1, 0.15) is 5.75 Å². The molecule has 0 bridgehead atoms. The lowest BCUT2D eigenvalue weighted by atomic mass is 9.90. The molecule has 7 heteroatoms. The van der Waals surface area contributed by atoms with E-state index in [9.17, 15) is 13.2 Å². The molecule has 3 unspecified atom stereocenters. The van der Waals surface area contributed by atoms with Crippen LogP contribution in [0.1, 0.15) is 66.2 Å². The fourth-order valence-electron chi connectivity index (χ4n) is 4.59. The van der Waals surface area contributed by atoms with Crippen molar-refractivity contribution >= 4 is 5.69 Å². The number of hydrogen-bond acceptors (Lipinski definition) is 4. The van der Waals surface area contributed by atoms with Crippen LogP contribution in [0.15, 0.2) is 36.0 Å². The van der Waals surface area contributed by atoms with Gasteiger partial charge >= 0.3 is 6.36 Å². The molecule has 0 amide bonds. The Kier molecular flexibility index (Phi) is 9.69. The number of hydrazine groups is 1. The quantitative estimate of drug-likeness (QED) is 0.315. The fraction of sp³-hybridized carbons (Fsp3) is 0.667. The van der Waals surface area contributed by atoms with E-state index in [-0.39, 0.29) is 5.75 Å². The van der Waals surface area contributed by atoms with Gasteiger partial charge in [0.15, 0.2) is 0 Å². The van der Waals surface area contributed by atoms with Gasteiger partial charge in [0, 0.05) is 11.7 Å². The van der Waals surface area contributed by atoms with Crippen molar-refractivity contribution in [1.82, 2.24) is 4.90 Å². The third-order valence-corrected chi connectivity index (χ3v) is 6.33. The molecule has 1 aliphatic heterocycles. The van der Waals surface area contributed by atoms with Gasteiger partial charge in [-0.3, -0.25) is 5.01 Å². The zero-order valence-electron chi connectivity index (χ0n) is 19.3. The topological polar surface area (TPSA) is 41.7 Å². The molecule has 0 aliphatic carbocycles. The highest BCUT2D eigenvalue weighted by Gasteiger charge is 2.31. The molecule has 0 radical (unpaired) electrons. The summed E-state index contributed by atoms with van der Waals surface area (Å²) < 4.78 is 40.9. The highest BCUT2D eigenvalue weighted by Crippen LogP contribution is 2.28. The number of rotatable bonds is 11. The molecule has 1 heterocycles. The summed E-state index contributed by atoms with van der Waals surface area (Å²) in [6.07, 6.45) is 4.83. The van der Waals surface area contributed by atoms with Crippen molar-refractivity contribution in [3.8, 4) is 5.75 Å². The smallest absolute Gasteiger partial charge is 0.406 e. The minimum Gasteiger partial charge on any atom is -0.406 e. The van der Waals surface area contributed by atoms with Crippen LogP contribution in [0.4, 0.5) is 18.9 Å². The normalized spacial score (nSPS) is 20.0. The summed E-state index contributed by atoms with van der Waals surface area (Å²) in [5.41, 5.74) is 1.49. The predicted octanol–water partition coefficient (Wildman–Crippen LogP) is 6.49. The van der Waals surface area contributed by atoms with Crippen LogP contribution in [0, 0.1) is 11.8 Å². The number of alkyl halides is 3. The first-order valence-electron chi connectivity index (χ1n) is 11.5. The third-order valence-electron chi connectivity index (χ3n) is 6.33. The van der Waals surface area contributed by atoms with Crippen molar-refractivity contribution < 1.29 is 17.9 Å². The van der Waals surface area contributed by atoms with E-state index in [0.29, 0.717) is 17.5 Å². The van der Waals surface area contributed by atoms with E-state index >= 15 is 0 Å². The second-order valence-electron chi connectivity index (χ2n) is 8.74. The molecule has 2 N–H and O–H groups in total. The number of hydrogen-bond donors (Lipinski definition) is 1. The van der Waals surface area contributed by atoms with Crippen LogP contribution < -0.4 is 15.6 Å². The molecule has 1 saturated heterocycles. The van der Waals surface area contributed by atoms with E-state index < -0.39 is 6.36 Å². The maximum absolute atomic E-state index is 12.3. The fourth-order valence-corrected chi connectivity index (χ4v) is 4.59. The number of ether oxygens (including phenoxy) is 1. The molecule has 1 aromatic rings. The number of halogens is 3. The number of likely N-dealkylation sites (tertiary alicyclic amines) is 1. The standard InChI is InChI=1S/C24H38F3N3O/c1-5-20(13-15-29-14-7-8-21(29)6-2)17-18(3)16-19(4)30(28)22-9-11-23(12-10-22)31-24(25,26)27/h9-12,16,18,20-21H,5-8,13-15,17,28H2,1-4H3/b19-16-. The van der Waals surface area contributed by atoms with Crippen LogP contribution in [0.2, 0.25) is 0 Å². The van der Waals surface area contributed by atoms with Crippen LogP contribution >= 0.6 is 0 Å². The molecule has 31 heavy (non-hydrogen) atoms. The van der Waals surface area contributed by atoms with Crippen molar-refractivity contribution in [3.63, 3.8) is 0 Å². The Balaban J connectivity index is 1.88. The van der Waals surface area contributed by atoms with Crippen LogP contribution in [0.3, 0.4) is 0 Å².